The molecule has 126 valence electrons. The lowest BCUT2D eigenvalue weighted by Crippen LogP contribution is -2.16. The summed E-state index contributed by atoms with van der Waals surface area (Å²) in [6.45, 7) is 7.69. The SMILES string of the molecule is CC(=O)Nc1ccc(C)cc1C(c1cncnc1/C=N/O)C(C)C. The Morgan fingerprint density at radius 2 is 2.08 bits per heavy atom. The number of benzene rings is 1. The first-order valence-electron chi connectivity index (χ1n) is 7.79. The van der Waals surface area contributed by atoms with Crippen molar-refractivity contribution in [3.8, 4) is 0 Å². The van der Waals surface area contributed by atoms with Crippen molar-refractivity contribution in [2.75, 3.05) is 5.32 Å². The van der Waals surface area contributed by atoms with Crippen molar-refractivity contribution < 1.29 is 10.0 Å². The Bertz CT molecular complexity index is 756. The minimum atomic E-state index is -0.121. The average Bonchev–Trinajstić information content (AvgIpc) is 2.51. The van der Waals surface area contributed by atoms with E-state index >= 15 is 0 Å². The number of nitrogens with zero attached hydrogens (tertiary/aromatic N) is 3. The van der Waals surface area contributed by atoms with Crippen molar-refractivity contribution in [2.45, 2.75) is 33.6 Å². The number of hydrogen-bond acceptors (Lipinski definition) is 5. The number of carbonyl (C=O) groups excluding carboxylic acids is 1. The summed E-state index contributed by atoms with van der Waals surface area (Å²) in [4.78, 5) is 19.9. The van der Waals surface area contributed by atoms with Crippen LogP contribution in [0, 0.1) is 12.8 Å². The van der Waals surface area contributed by atoms with Gasteiger partial charge in [-0.1, -0.05) is 36.7 Å². The highest BCUT2D eigenvalue weighted by Crippen LogP contribution is 2.37. The van der Waals surface area contributed by atoms with E-state index in [4.69, 9.17) is 5.21 Å². The van der Waals surface area contributed by atoms with E-state index in [1.54, 1.807) is 6.20 Å². The monoisotopic (exact) mass is 326 g/mol. The van der Waals surface area contributed by atoms with Crippen LogP contribution in [-0.4, -0.2) is 27.3 Å². The van der Waals surface area contributed by atoms with Crippen LogP contribution < -0.4 is 5.32 Å². The number of nitrogens with one attached hydrogen (secondary N) is 1. The second-order valence-electron chi connectivity index (χ2n) is 6.10. The first-order valence-corrected chi connectivity index (χ1v) is 7.79. The van der Waals surface area contributed by atoms with Crippen molar-refractivity contribution in [1.82, 2.24) is 9.97 Å². The summed E-state index contributed by atoms with van der Waals surface area (Å²) in [6.07, 6.45) is 4.46. The maximum Gasteiger partial charge on any atom is 0.221 e. The Balaban J connectivity index is 2.65. The Morgan fingerprint density at radius 3 is 2.71 bits per heavy atom. The molecule has 0 saturated heterocycles. The summed E-state index contributed by atoms with van der Waals surface area (Å²) in [6, 6.07) is 5.93. The summed E-state index contributed by atoms with van der Waals surface area (Å²) < 4.78 is 0. The average molecular weight is 326 g/mol. The number of aryl methyl sites for hydroxylation is 1. The first-order chi connectivity index (χ1) is 11.4. The molecule has 6 heteroatoms. The largest absolute Gasteiger partial charge is 0.411 e. The van der Waals surface area contributed by atoms with Crippen LogP contribution in [0.3, 0.4) is 0 Å². The number of rotatable bonds is 5. The van der Waals surface area contributed by atoms with Gasteiger partial charge >= 0.3 is 0 Å². The molecule has 1 heterocycles. The molecule has 0 fully saturated rings. The maximum absolute atomic E-state index is 11.6. The van der Waals surface area contributed by atoms with Gasteiger partial charge in [-0.05, 0) is 24.5 Å². The van der Waals surface area contributed by atoms with Gasteiger partial charge in [0.2, 0.25) is 5.91 Å². The highest BCUT2D eigenvalue weighted by molar-refractivity contribution is 5.90. The molecule has 0 radical (unpaired) electrons. The number of carbonyl (C=O) groups is 1. The molecule has 1 unspecified atom stereocenters. The van der Waals surface area contributed by atoms with E-state index in [-0.39, 0.29) is 17.7 Å². The molecule has 0 aliphatic rings. The third-order valence-electron chi connectivity index (χ3n) is 3.81. The minimum Gasteiger partial charge on any atom is -0.411 e. The molecular weight excluding hydrogens is 304 g/mol. The molecule has 2 N–H and O–H groups in total. The summed E-state index contributed by atoms with van der Waals surface area (Å²) in [7, 11) is 0. The molecule has 0 aliphatic heterocycles. The van der Waals surface area contributed by atoms with Crippen LogP contribution in [-0.2, 0) is 4.79 Å². The van der Waals surface area contributed by atoms with Crippen LogP contribution in [0.5, 0.6) is 0 Å². The lowest BCUT2D eigenvalue weighted by Gasteiger charge is -2.25. The minimum absolute atomic E-state index is 0.0547. The van der Waals surface area contributed by atoms with Crippen molar-refractivity contribution in [1.29, 1.82) is 0 Å². The van der Waals surface area contributed by atoms with Crippen LogP contribution in [0.1, 0.15) is 49.1 Å². The molecule has 24 heavy (non-hydrogen) atoms. The molecule has 1 aromatic carbocycles. The highest BCUT2D eigenvalue weighted by atomic mass is 16.4. The van der Waals surface area contributed by atoms with Gasteiger partial charge in [0.05, 0.1) is 11.9 Å². The normalized spacial score (nSPS) is 12.5. The van der Waals surface area contributed by atoms with Crippen molar-refractivity contribution >= 4 is 17.8 Å². The topological polar surface area (TPSA) is 87.5 Å². The number of hydrogen-bond donors (Lipinski definition) is 2. The second-order valence-corrected chi connectivity index (χ2v) is 6.10. The fourth-order valence-corrected chi connectivity index (χ4v) is 2.88. The Hall–Kier alpha value is -2.76. The zero-order valence-electron chi connectivity index (χ0n) is 14.3. The van der Waals surface area contributed by atoms with Gasteiger partial charge in [-0.25, -0.2) is 9.97 Å². The first kappa shape index (κ1) is 17.6. The predicted molar refractivity (Wildman–Crippen MR) is 93.6 cm³/mol. The van der Waals surface area contributed by atoms with Crippen LogP contribution in [0.2, 0.25) is 0 Å². The zero-order chi connectivity index (χ0) is 17.7. The second kappa shape index (κ2) is 7.68. The molecule has 0 bridgehead atoms. The zero-order valence-corrected chi connectivity index (χ0v) is 14.3. The molecular formula is C18H22N4O2. The maximum atomic E-state index is 11.6. The van der Waals surface area contributed by atoms with E-state index in [1.807, 2.05) is 19.1 Å². The lowest BCUT2D eigenvalue weighted by atomic mass is 9.81. The molecule has 0 aliphatic carbocycles. The smallest absolute Gasteiger partial charge is 0.221 e. The van der Waals surface area contributed by atoms with Gasteiger partial charge < -0.3 is 10.5 Å². The number of aromatic nitrogens is 2. The van der Waals surface area contributed by atoms with Crippen molar-refractivity contribution in [3.63, 3.8) is 0 Å². The molecule has 0 spiro atoms. The van der Waals surface area contributed by atoms with Crippen LogP contribution in [0.15, 0.2) is 35.9 Å². The van der Waals surface area contributed by atoms with Gasteiger partial charge in [0.1, 0.15) is 6.33 Å². The summed E-state index contributed by atoms with van der Waals surface area (Å²) >= 11 is 0. The predicted octanol–water partition coefficient (Wildman–Crippen LogP) is 3.34. The molecule has 2 rings (SSSR count). The van der Waals surface area contributed by atoms with Gasteiger partial charge in [0, 0.05) is 30.3 Å². The van der Waals surface area contributed by atoms with E-state index < -0.39 is 0 Å². The van der Waals surface area contributed by atoms with Gasteiger partial charge in [-0.2, -0.15) is 0 Å². The lowest BCUT2D eigenvalue weighted by molar-refractivity contribution is -0.114. The van der Waals surface area contributed by atoms with Crippen LogP contribution in [0.25, 0.3) is 0 Å². The van der Waals surface area contributed by atoms with E-state index in [0.29, 0.717) is 5.69 Å². The molecule has 6 nitrogen and oxygen atoms in total. The van der Waals surface area contributed by atoms with E-state index in [2.05, 4.69) is 40.4 Å². The molecule has 2 aromatic rings. The number of anilines is 1. The number of amides is 1. The Morgan fingerprint density at radius 1 is 1.33 bits per heavy atom. The van der Waals surface area contributed by atoms with Gasteiger partial charge in [-0.3, -0.25) is 4.79 Å². The Kier molecular flexibility index (Phi) is 5.63. The van der Waals surface area contributed by atoms with E-state index in [0.717, 1.165) is 22.4 Å². The third kappa shape index (κ3) is 3.95. The van der Waals surface area contributed by atoms with Gasteiger partial charge in [0.25, 0.3) is 0 Å². The summed E-state index contributed by atoms with van der Waals surface area (Å²) in [5.74, 6) is 0.0427. The fraction of sp³-hybridized carbons (Fsp3) is 0.333. The van der Waals surface area contributed by atoms with Gasteiger partial charge in [-0.15, -0.1) is 0 Å². The summed E-state index contributed by atoms with van der Waals surface area (Å²) in [5, 5.41) is 14.9. The number of oxime groups is 1. The van der Waals surface area contributed by atoms with Crippen molar-refractivity contribution in [3.05, 3.63) is 53.1 Å². The quantitative estimate of drug-likeness (QED) is 0.501. The van der Waals surface area contributed by atoms with Gasteiger partial charge in [0.15, 0.2) is 0 Å². The molecule has 0 saturated carbocycles. The van der Waals surface area contributed by atoms with Crippen LogP contribution >= 0.6 is 0 Å². The van der Waals surface area contributed by atoms with E-state index in [1.165, 1.54) is 19.5 Å². The standard InChI is InChI=1S/C18H22N4O2/c1-11(2)18(15-8-19-10-20-17(15)9-21-24)14-7-12(3)5-6-16(14)22-13(4)23/h5-11,18,24H,1-4H3,(H,22,23)/b21-9+. The van der Waals surface area contributed by atoms with Crippen molar-refractivity contribution in [2.24, 2.45) is 11.1 Å². The summed E-state index contributed by atoms with van der Waals surface area (Å²) in [5.41, 5.74) is 4.26. The molecule has 1 aromatic heterocycles. The highest BCUT2D eigenvalue weighted by Gasteiger charge is 2.24. The third-order valence-corrected chi connectivity index (χ3v) is 3.81. The fourth-order valence-electron chi connectivity index (χ4n) is 2.88. The molecule has 1 amide bonds. The molecule has 1 atom stereocenters. The Labute approximate surface area is 141 Å². The van der Waals surface area contributed by atoms with Crippen LogP contribution in [0.4, 0.5) is 5.69 Å². The van der Waals surface area contributed by atoms with E-state index in [9.17, 15) is 4.79 Å².